The molecule has 3 aromatic rings. The molecule has 4 rings (SSSR count). The molecule has 1 aliphatic rings. The summed E-state index contributed by atoms with van der Waals surface area (Å²) in [5.74, 6) is 5.27. The Morgan fingerprint density at radius 1 is 1.11 bits per heavy atom. The fraction of sp³-hybridized carbons (Fsp3) is 0.370. The highest BCUT2D eigenvalue weighted by atomic mass is 19.4. The number of rotatable bonds is 6. The Morgan fingerprint density at radius 2 is 1.89 bits per heavy atom. The van der Waals surface area contributed by atoms with E-state index < -0.39 is 12.7 Å². The summed E-state index contributed by atoms with van der Waals surface area (Å²) in [6, 6.07) is 11.8. The molecule has 1 amide bonds. The van der Waals surface area contributed by atoms with Gasteiger partial charge < -0.3 is 25.6 Å². The average molecular weight is 499 g/mol. The Labute approximate surface area is 207 Å². The highest BCUT2D eigenvalue weighted by Crippen LogP contribution is 2.32. The van der Waals surface area contributed by atoms with Crippen molar-refractivity contribution >= 4 is 28.2 Å². The second kappa shape index (κ2) is 10.9. The van der Waals surface area contributed by atoms with E-state index in [1.54, 1.807) is 30.3 Å². The zero-order valence-electron chi connectivity index (χ0n) is 20.0. The van der Waals surface area contributed by atoms with Crippen LogP contribution in [0.15, 0.2) is 42.5 Å². The molecule has 2 aromatic carbocycles. The second-order valence-corrected chi connectivity index (χ2v) is 8.91. The van der Waals surface area contributed by atoms with Gasteiger partial charge in [-0.2, -0.15) is 13.2 Å². The summed E-state index contributed by atoms with van der Waals surface area (Å²) in [5, 5.41) is 19.8. The van der Waals surface area contributed by atoms with E-state index in [0.717, 1.165) is 31.4 Å². The number of phenols is 1. The number of nitrogens with one attached hydrogen (secondary N) is 3. The Bertz CT molecular complexity index is 1300. The molecule has 0 aliphatic heterocycles. The van der Waals surface area contributed by atoms with Crippen molar-refractivity contribution in [2.45, 2.75) is 50.9 Å². The van der Waals surface area contributed by atoms with Crippen LogP contribution >= 0.6 is 0 Å². The van der Waals surface area contributed by atoms with E-state index in [-0.39, 0.29) is 23.9 Å². The van der Waals surface area contributed by atoms with Crippen molar-refractivity contribution in [1.82, 2.24) is 9.88 Å². The maximum Gasteiger partial charge on any atom is 0.406 e. The first-order chi connectivity index (χ1) is 17.2. The standard InChI is InChI=1S/C27H29F3N4O2/c1-31-26(36)18-12-13-23(25(35)15-18)32-14-6-9-20-16-21-22(33-19-7-3-2-4-8-19)10-5-11-24(21)34(20)17-27(28,29)30/h5,10-13,15-16,19,32-33,35H,2-4,7-8,14,17H2,1H3,(H,31,36). The van der Waals surface area contributed by atoms with E-state index in [1.807, 2.05) is 6.07 Å². The fourth-order valence-corrected chi connectivity index (χ4v) is 4.57. The van der Waals surface area contributed by atoms with Crippen LogP contribution in [0.4, 0.5) is 24.5 Å². The first kappa shape index (κ1) is 25.3. The quantitative estimate of drug-likeness (QED) is 0.268. The van der Waals surface area contributed by atoms with Gasteiger partial charge in [-0.05, 0) is 55.2 Å². The second-order valence-electron chi connectivity index (χ2n) is 8.91. The summed E-state index contributed by atoms with van der Waals surface area (Å²) in [6.07, 6.45) is 1.22. The van der Waals surface area contributed by atoms with Crippen LogP contribution in [0.3, 0.4) is 0 Å². The number of fused-ring (bicyclic) bond motifs is 1. The Hall–Kier alpha value is -3.80. The lowest BCUT2D eigenvalue weighted by molar-refractivity contribution is -0.140. The molecule has 0 radical (unpaired) electrons. The van der Waals surface area contributed by atoms with Crippen molar-refractivity contribution in [3.8, 4) is 17.6 Å². The smallest absolute Gasteiger partial charge is 0.406 e. The largest absolute Gasteiger partial charge is 0.506 e. The average Bonchev–Trinajstić information content (AvgIpc) is 3.19. The molecule has 0 unspecified atom stereocenters. The number of aromatic nitrogens is 1. The number of halogens is 3. The molecule has 0 spiro atoms. The number of carbonyl (C=O) groups excluding carboxylic acids is 1. The summed E-state index contributed by atoms with van der Waals surface area (Å²) in [5.41, 5.74) is 2.24. The Kier molecular flexibility index (Phi) is 7.63. The minimum atomic E-state index is -4.40. The molecule has 0 saturated heterocycles. The first-order valence-electron chi connectivity index (χ1n) is 12.0. The van der Waals surface area contributed by atoms with Gasteiger partial charge in [0.2, 0.25) is 0 Å². The molecule has 1 fully saturated rings. The molecule has 1 heterocycles. The number of amides is 1. The molecule has 190 valence electrons. The van der Waals surface area contributed by atoms with E-state index >= 15 is 0 Å². The molecule has 9 heteroatoms. The van der Waals surface area contributed by atoms with Gasteiger partial charge in [-0.25, -0.2) is 0 Å². The Balaban J connectivity index is 1.57. The van der Waals surface area contributed by atoms with Crippen molar-refractivity contribution in [1.29, 1.82) is 0 Å². The predicted molar refractivity (Wildman–Crippen MR) is 135 cm³/mol. The molecule has 1 aliphatic carbocycles. The van der Waals surface area contributed by atoms with Crippen molar-refractivity contribution in [2.24, 2.45) is 0 Å². The van der Waals surface area contributed by atoms with Gasteiger partial charge in [-0.3, -0.25) is 4.79 Å². The summed E-state index contributed by atoms with van der Waals surface area (Å²) in [4.78, 5) is 11.7. The van der Waals surface area contributed by atoms with Gasteiger partial charge >= 0.3 is 6.18 Å². The molecule has 4 N–H and O–H groups in total. The predicted octanol–water partition coefficient (Wildman–Crippen LogP) is 5.48. The number of alkyl halides is 3. The number of nitrogens with zero attached hydrogens (tertiary/aromatic N) is 1. The maximum absolute atomic E-state index is 13.4. The van der Waals surface area contributed by atoms with Gasteiger partial charge in [-0.1, -0.05) is 31.2 Å². The molecule has 36 heavy (non-hydrogen) atoms. The van der Waals surface area contributed by atoms with Crippen LogP contribution in [0.2, 0.25) is 0 Å². The number of carbonyl (C=O) groups is 1. The molecule has 0 atom stereocenters. The van der Waals surface area contributed by atoms with Crippen LogP contribution in [0.1, 0.15) is 48.2 Å². The van der Waals surface area contributed by atoms with E-state index in [9.17, 15) is 23.1 Å². The van der Waals surface area contributed by atoms with Crippen molar-refractivity contribution < 1.29 is 23.1 Å². The summed E-state index contributed by atoms with van der Waals surface area (Å²) in [7, 11) is 1.49. The molecular formula is C27H29F3N4O2. The minimum absolute atomic E-state index is 0.0909. The summed E-state index contributed by atoms with van der Waals surface area (Å²) < 4.78 is 41.4. The number of aromatic hydroxyl groups is 1. The third-order valence-electron chi connectivity index (χ3n) is 6.32. The topological polar surface area (TPSA) is 78.3 Å². The van der Waals surface area contributed by atoms with E-state index in [1.165, 1.54) is 24.1 Å². The SMILES string of the molecule is CNC(=O)c1ccc(NCC#Cc2cc3c(NC4CCCCC4)cccc3n2CC(F)(F)F)c(O)c1. The van der Waals surface area contributed by atoms with Gasteiger partial charge in [0.1, 0.15) is 12.3 Å². The van der Waals surface area contributed by atoms with E-state index in [2.05, 4.69) is 27.8 Å². The van der Waals surface area contributed by atoms with Gasteiger partial charge in [0, 0.05) is 29.7 Å². The van der Waals surface area contributed by atoms with Gasteiger partial charge in [0.25, 0.3) is 5.91 Å². The van der Waals surface area contributed by atoms with Crippen molar-refractivity contribution in [3.63, 3.8) is 0 Å². The number of hydrogen-bond donors (Lipinski definition) is 4. The fourth-order valence-electron chi connectivity index (χ4n) is 4.57. The molecule has 6 nitrogen and oxygen atoms in total. The van der Waals surface area contributed by atoms with Crippen molar-refractivity contribution in [2.75, 3.05) is 24.2 Å². The monoisotopic (exact) mass is 498 g/mol. The summed E-state index contributed by atoms with van der Waals surface area (Å²) >= 11 is 0. The number of anilines is 2. The highest BCUT2D eigenvalue weighted by Gasteiger charge is 2.30. The van der Waals surface area contributed by atoms with Gasteiger partial charge in [0.05, 0.1) is 23.4 Å². The van der Waals surface area contributed by atoms with Crippen LogP contribution in [0, 0.1) is 11.8 Å². The van der Waals surface area contributed by atoms with Crippen LogP contribution < -0.4 is 16.0 Å². The van der Waals surface area contributed by atoms with Crippen LogP contribution in [-0.2, 0) is 6.54 Å². The van der Waals surface area contributed by atoms with E-state index in [4.69, 9.17) is 0 Å². The third kappa shape index (κ3) is 6.06. The van der Waals surface area contributed by atoms with Crippen LogP contribution in [-0.4, -0.2) is 41.4 Å². The Morgan fingerprint density at radius 3 is 2.58 bits per heavy atom. The lowest BCUT2D eigenvalue weighted by atomic mass is 9.95. The molecule has 1 saturated carbocycles. The van der Waals surface area contributed by atoms with Gasteiger partial charge in [-0.15, -0.1) is 0 Å². The maximum atomic E-state index is 13.4. The van der Waals surface area contributed by atoms with Crippen LogP contribution in [0.5, 0.6) is 5.75 Å². The number of benzene rings is 2. The first-order valence-corrected chi connectivity index (χ1v) is 12.0. The number of hydrogen-bond acceptors (Lipinski definition) is 4. The normalized spacial score (nSPS) is 14.2. The van der Waals surface area contributed by atoms with Crippen molar-refractivity contribution in [3.05, 3.63) is 53.7 Å². The number of phenolic OH excluding ortho intramolecular Hbond substituents is 1. The van der Waals surface area contributed by atoms with Crippen LogP contribution in [0.25, 0.3) is 10.9 Å². The molecule has 1 aromatic heterocycles. The van der Waals surface area contributed by atoms with E-state index in [0.29, 0.717) is 28.2 Å². The third-order valence-corrected chi connectivity index (χ3v) is 6.32. The summed E-state index contributed by atoms with van der Waals surface area (Å²) in [6.45, 7) is -1.05. The lowest BCUT2D eigenvalue weighted by Crippen LogP contribution is -2.22. The highest BCUT2D eigenvalue weighted by molar-refractivity contribution is 5.95. The zero-order chi connectivity index (χ0) is 25.7. The molecule has 0 bridgehead atoms. The lowest BCUT2D eigenvalue weighted by Gasteiger charge is -2.24. The minimum Gasteiger partial charge on any atom is -0.506 e. The van der Waals surface area contributed by atoms with Gasteiger partial charge in [0.15, 0.2) is 0 Å². The molecular weight excluding hydrogens is 469 g/mol. The zero-order valence-corrected chi connectivity index (χ0v) is 20.0.